The molecular weight excluding hydrogens is 286 g/mol. The Hall–Kier alpha value is -1.63. The number of nitrogens with zero attached hydrogens (tertiary/aromatic N) is 1. The van der Waals surface area contributed by atoms with E-state index < -0.39 is 11.6 Å². The van der Waals surface area contributed by atoms with Gasteiger partial charge in [-0.1, -0.05) is 0 Å². The molecule has 124 valence electrons. The number of carbonyl (C=O) groups is 3. The summed E-state index contributed by atoms with van der Waals surface area (Å²) in [5.74, 6) is -0.677. The smallest absolute Gasteiger partial charge is 0.325 e. The van der Waals surface area contributed by atoms with Crippen molar-refractivity contribution in [3.63, 3.8) is 0 Å². The van der Waals surface area contributed by atoms with Crippen molar-refractivity contribution >= 4 is 17.8 Å². The Labute approximate surface area is 130 Å². The Bertz CT molecular complexity index is 444. The summed E-state index contributed by atoms with van der Waals surface area (Å²) in [6.45, 7) is 4.44. The number of carbonyl (C=O) groups excluding carboxylic acids is 3. The molecule has 2 aliphatic heterocycles. The lowest BCUT2D eigenvalue weighted by atomic mass is 10.1. The van der Waals surface area contributed by atoms with Crippen molar-refractivity contribution in [1.82, 2.24) is 15.5 Å². The van der Waals surface area contributed by atoms with Gasteiger partial charge in [-0.15, -0.1) is 0 Å². The fourth-order valence-corrected chi connectivity index (χ4v) is 2.76. The molecule has 4 amide bonds. The Morgan fingerprint density at radius 1 is 1.41 bits per heavy atom. The molecule has 0 spiro atoms. The Kier molecular flexibility index (Phi) is 5.39. The fourth-order valence-electron chi connectivity index (χ4n) is 2.76. The van der Waals surface area contributed by atoms with E-state index in [2.05, 4.69) is 10.6 Å². The van der Waals surface area contributed by atoms with Gasteiger partial charge in [0.25, 0.3) is 5.91 Å². The first kappa shape index (κ1) is 16.7. The summed E-state index contributed by atoms with van der Waals surface area (Å²) in [5.41, 5.74) is -0.932. The van der Waals surface area contributed by atoms with Gasteiger partial charge in [0, 0.05) is 13.2 Å². The van der Waals surface area contributed by atoms with Gasteiger partial charge in [0.15, 0.2) is 0 Å². The zero-order chi connectivity index (χ0) is 16.2. The minimum atomic E-state index is -0.932. The van der Waals surface area contributed by atoms with Crippen LogP contribution in [0, 0.1) is 0 Å². The third kappa shape index (κ3) is 4.19. The number of rotatable bonds is 7. The molecule has 7 nitrogen and oxygen atoms in total. The van der Waals surface area contributed by atoms with Gasteiger partial charge in [-0.3, -0.25) is 14.5 Å². The Balaban J connectivity index is 1.61. The van der Waals surface area contributed by atoms with Crippen LogP contribution in [0.2, 0.25) is 0 Å². The van der Waals surface area contributed by atoms with Crippen molar-refractivity contribution in [2.24, 2.45) is 0 Å². The summed E-state index contributed by atoms with van der Waals surface area (Å²) in [6, 6.07) is -0.511. The molecule has 0 radical (unpaired) electrons. The molecule has 0 aromatic rings. The van der Waals surface area contributed by atoms with E-state index in [9.17, 15) is 14.4 Å². The molecule has 2 N–H and O–H groups in total. The van der Waals surface area contributed by atoms with E-state index in [1.54, 1.807) is 13.8 Å². The van der Waals surface area contributed by atoms with Crippen molar-refractivity contribution in [3.05, 3.63) is 0 Å². The van der Waals surface area contributed by atoms with E-state index in [0.717, 1.165) is 43.6 Å². The molecule has 0 bridgehead atoms. The van der Waals surface area contributed by atoms with Crippen molar-refractivity contribution in [2.45, 2.75) is 57.6 Å². The van der Waals surface area contributed by atoms with Gasteiger partial charge in [-0.2, -0.15) is 0 Å². The van der Waals surface area contributed by atoms with Gasteiger partial charge < -0.3 is 15.4 Å². The number of unbranched alkanes of at least 4 members (excludes halogenated alkanes) is 1. The molecule has 2 fully saturated rings. The Morgan fingerprint density at radius 2 is 2.18 bits per heavy atom. The maximum absolute atomic E-state index is 11.9. The predicted molar refractivity (Wildman–Crippen MR) is 80.2 cm³/mol. The molecule has 0 unspecified atom stereocenters. The standard InChI is InChI=1S/C15H25N3O4/c1-15(2)13(20)18(14(21)17-15)10-12(19)16-8-4-3-6-11-7-5-9-22-11/h11H,3-10H2,1-2H3,(H,16,19)(H,17,21)/t11-/m1/s1. The first-order valence-electron chi connectivity index (χ1n) is 7.92. The summed E-state index contributed by atoms with van der Waals surface area (Å²) in [6.07, 6.45) is 5.55. The average molecular weight is 311 g/mol. The average Bonchev–Trinajstić information content (AvgIpc) is 3.01. The van der Waals surface area contributed by atoms with E-state index in [1.165, 1.54) is 0 Å². The van der Waals surface area contributed by atoms with E-state index in [-0.39, 0.29) is 18.4 Å². The van der Waals surface area contributed by atoms with Crippen LogP contribution in [0.4, 0.5) is 4.79 Å². The number of hydrogen-bond acceptors (Lipinski definition) is 4. The predicted octanol–water partition coefficient (Wildman–Crippen LogP) is 0.782. The number of ether oxygens (including phenoxy) is 1. The summed E-state index contributed by atoms with van der Waals surface area (Å²) >= 11 is 0. The second-order valence-electron chi connectivity index (χ2n) is 6.43. The molecule has 2 saturated heterocycles. The summed E-state index contributed by atoms with van der Waals surface area (Å²) < 4.78 is 5.54. The third-order valence-corrected chi connectivity index (χ3v) is 4.05. The lowest BCUT2D eigenvalue weighted by molar-refractivity contribution is -0.134. The molecule has 7 heteroatoms. The van der Waals surface area contributed by atoms with Crippen LogP contribution >= 0.6 is 0 Å². The monoisotopic (exact) mass is 311 g/mol. The van der Waals surface area contributed by atoms with Gasteiger partial charge >= 0.3 is 6.03 Å². The van der Waals surface area contributed by atoms with Gasteiger partial charge in [-0.05, 0) is 46.0 Å². The lowest BCUT2D eigenvalue weighted by Crippen LogP contribution is -2.43. The molecule has 0 aromatic carbocycles. The molecule has 0 saturated carbocycles. The minimum Gasteiger partial charge on any atom is -0.378 e. The number of hydrogen-bond donors (Lipinski definition) is 2. The van der Waals surface area contributed by atoms with Crippen LogP contribution in [-0.2, 0) is 14.3 Å². The van der Waals surface area contributed by atoms with Crippen LogP contribution in [-0.4, -0.2) is 54.1 Å². The van der Waals surface area contributed by atoms with E-state index in [1.807, 2.05) is 0 Å². The number of amides is 4. The zero-order valence-corrected chi connectivity index (χ0v) is 13.3. The second-order valence-corrected chi connectivity index (χ2v) is 6.43. The summed E-state index contributed by atoms with van der Waals surface area (Å²) in [7, 11) is 0. The largest absolute Gasteiger partial charge is 0.378 e. The topological polar surface area (TPSA) is 87.7 Å². The van der Waals surface area contributed by atoms with Gasteiger partial charge in [0.2, 0.25) is 5.91 Å². The quantitative estimate of drug-likeness (QED) is 0.537. The summed E-state index contributed by atoms with van der Waals surface area (Å²) in [4.78, 5) is 36.4. The van der Waals surface area contributed by atoms with Crippen molar-refractivity contribution in [1.29, 1.82) is 0 Å². The molecule has 0 aromatic heterocycles. The highest BCUT2D eigenvalue weighted by Crippen LogP contribution is 2.17. The highest BCUT2D eigenvalue weighted by molar-refractivity contribution is 6.08. The molecule has 2 rings (SSSR count). The molecule has 0 aliphatic carbocycles. The van der Waals surface area contributed by atoms with Crippen LogP contribution in [0.3, 0.4) is 0 Å². The zero-order valence-electron chi connectivity index (χ0n) is 13.3. The number of nitrogens with one attached hydrogen (secondary N) is 2. The van der Waals surface area contributed by atoms with Crippen LogP contribution in [0.25, 0.3) is 0 Å². The van der Waals surface area contributed by atoms with Crippen LogP contribution in [0.15, 0.2) is 0 Å². The number of urea groups is 1. The molecular formula is C15H25N3O4. The van der Waals surface area contributed by atoms with E-state index in [4.69, 9.17) is 4.74 Å². The van der Waals surface area contributed by atoms with Gasteiger partial charge in [-0.25, -0.2) is 4.79 Å². The van der Waals surface area contributed by atoms with Crippen molar-refractivity contribution in [2.75, 3.05) is 19.7 Å². The van der Waals surface area contributed by atoms with E-state index in [0.29, 0.717) is 12.6 Å². The maximum atomic E-state index is 11.9. The fraction of sp³-hybridized carbons (Fsp3) is 0.800. The third-order valence-electron chi connectivity index (χ3n) is 4.05. The Morgan fingerprint density at radius 3 is 2.77 bits per heavy atom. The van der Waals surface area contributed by atoms with Crippen molar-refractivity contribution in [3.8, 4) is 0 Å². The van der Waals surface area contributed by atoms with E-state index >= 15 is 0 Å². The molecule has 2 aliphatic rings. The maximum Gasteiger partial charge on any atom is 0.325 e. The van der Waals surface area contributed by atoms with Crippen LogP contribution in [0.5, 0.6) is 0 Å². The molecule has 2 heterocycles. The second kappa shape index (κ2) is 7.09. The van der Waals surface area contributed by atoms with Crippen LogP contribution in [0.1, 0.15) is 46.0 Å². The highest BCUT2D eigenvalue weighted by atomic mass is 16.5. The summed E-state index contributed by atoms with van der Waals surface area (Å²) in [5, 5.41) is 5.30. The SMILES string of the molecule is CC1(C)NC(=O)N(CC(=O)NCCCC[C@@H]2CCCO2)C1=O. The van der Waals surface area contributed by atoms with Crippen molar-refractivity contribution < 1.29 is 19.1 Å². The minimum absolute atomic E-state index is 0.222. The van der Waals surface area contributed by atoms with Gasteiger partial charge in [0.1, 0.15) is 12.1 Å². The van der Waals surface area contributed by atoms with Gasteiger partial charge in [0.05, 0.1) is 6.10 Å². The first-order valence-corrected chi connectivity index (χ1v) is 7.92. The molecule has 22 heavy (non-hydrogen) atoms. The normalized spacial score (nSPS) is 23.7. The molecule has 1 atom stereocenters. The number of imide groups is 1. The first-order chi connectivity index (χ1) is 10.4. The lowest BCUT2D eigenvalue weighted by Gasteiger charge is -2.15. The van der Waals surface area contributed by atoms with Crippen LogP contribution < -0.4 is 10.6 Å². The highest BCUT2D eigenvalue weighted by Gasteiger charge is 2.44.